The molecule has 0 aromatic heterocycles. The Kier molecular flexibility index (Phi) is 10.9. The van der Waals surface area contributed by atoms with Crippen LogP contribution in [0.1, 0.15) is 115 Å². The Hall–Kier alpha value is -2.07. The second-order valence-electron chi connectivity index (χ2n) is 10.0. The molecule has 0 amide bonds. The maximum absolute atomic E-state index is 10.5. The van der Waals surface area contributed by atoms with E-state index >= 15 is 0 Å². The van der Waals surface area contributed by atoms with Crippen LogP contribution in [0.25, 0.3) is 11.1 Å². The van der Waals surface area contributed by atoms with Crippen LogP contribution >= 0.6 is 12.4 Å². The molecule has 0 spiro atoms. The number of hydrogen-bond donors (Lipinski definition) is 4. The molecule has 0 saturated carbocycles. The highest BCUT2D eigenvalue weighted by atomic mass is 35.5. The topological polar surface area (TPSA) is 92.5 Å². The molecule has 0 unspecified atom stereocenters. The monoisotopic (exact) mass is 488 g/mol. The van der Waals surface area contributed by atoms with Crippen LogP contribution in [0.3, 0.4) is 0 Å². The van der Waals surface area contributed by atoms with E-state index in [2.05, 4.69) is 13.8 Å². The molecule has 0 fully saturated rings. The fourth-order valence-corrected chi connectivity index (χ4v) is 5.67. The van der Waals surface area contributed by atoms with E-state index in [1.165, 1.54) is 64.2 Å². The zero-order chi connectivity index (χ0) is 23.8. The smallest absolute Gasteiger partial charge is 0.138 e. The number of unbranched alkanes of at least 4 members (excludes halogenated alkanes) is 10. The van der Waals surface area contributed by atoms with E-state index in [4.69, 9.17) is 11.5 Å². The predicted octanol–water partition coefficient (Wildman–Crippen LogP) is 8.45. The zero-order valence-corrected chi connectivity index (χ0v) is 22.0. The van der Waals surface area contributed by atoms with Crippen LogP contribution in [-0.4, -0.2) is 10.2 Å². The summed E-state index contributed by atoms with van der Waals surface area (Å²) in [5.74, 6) is 0.294. The SMILES string of the molecule is CCCCCCCCC1(CCCCCCCC)c2cc(O)c(N)cc2-c2cc(N)c(O)cc21.Cl. The molecule has 0 saturated heterocycles. The fraction of sp³-hybridized carbons (Fsp3) is 0.586. The number of aromatic hydroxyl groups is 2. The summed E-state index contributed by atoms with van der Waals surface area (Å²) < 4.78 is 0. The van der Waals surface area contributed by atoms with Crippen LogP contribution in [0, 0.1) is 0 Å². The Morgan fingerprint density at radius 2 is 0.941 bits per heavy atom. The lowest BCUT2D eigenvalue weighted by atomic mass is 9.70. The van der Waals surface area contributed by atoms with Crippen molar-refractivity contribution in [1.29, 1.82) is 0 Å². The van der Waals surface area contributed by atoms with Crippen LogP contribution in [0.15, 0.2) is 24.3 Å². The molecule has 0 bridgehead atoms. The quantitative estimate of drug-likeness (QED) is 0.122. The number of phenolic OH excluding ortho intramolecular Hbond substituents is 2. The van der Waals surface area contributed by atoms with E-state index in [0.717, 1.165) is 47.9 Å². The van der Waals surface area contributed by atoms with Crippen molar-refractivity contribution in [1.82, 2.24) is 0 Å². The van der Waals surface area contributed by atoms with E-state index in [0.29, 0.717) is 11.4 Å². The largest absolute Gasteiger partial charge is 0.506 e. The van der Waals surface area contributed by atoms with E-state index in [1.807, 2.05) is 24.3 Å². The average molecular weight is 489 g/mol. The molecule has 0 aliphatic heterocycles. The van der Waals surface area contributed by atoms with Gasteiger partial charge in [-0.25, -0.2) is 0 Å². The second kappa shape index (κ2) is 13.1. The van der Waals surface area contributed by atoms with Gasteiger partial charge in [0.2, 0.25) is 0 Å². The maximum Gasteiger partial charge on any atom is 0.138 e. The van der Waals surface area contributed by atoms with E-state index in [1.54, 1.807) is 0 Å². The van der Waals surface area contributed by atoms with E-state index in [9.17, 15) is 10.2 Å². The first-order chi connectivity index (χ1) is 15.9. The molecular weight excluding hydrogens is 444 g/mol. The average Bonchev–Trinajstić information content (AvgIpc) is 3.02. The Balaban J connectivity index is 0.00000408. The first kappa shape index (κ1) is 28.2. The second-order valence-corrected chi connectivity index (χ2v) is 10.0. The van der Waals surface area contributed by atoms with Gasteiger partial charge in [0.25, 0.3) is 0 Å². The molecule has 1 aliphatic carbocycles. The Labute approximate surface area is 212 Å². The molecule has 0 radical (unpaired) electrons. The van der Waals surface area contributed by atoms with Crippen molar-refractivity contribution in [2.45, 2.75) is 109 Å². The minimum absolute atomic E-state index is 0. The van der Waals surface area contributed by atoms with Gasteiger partial charge in [0.15, 0.2) is 0 Å². The van der Waals surface area contributed by atoms with Gasteiger partial charge in [0.05, 0.1) is 11.4 Å². The van der Waals surface area contributed by atoms with Gasteiger partial charge in [-0.05, 0) is 59.4 Å². The molecule has 34 heavy (non-hydrogen) atoms. The predicted molar refractivity (Wildman–Crippen MR) is 148 cm³/mol. The maximum atomic E-state index is 10.5. The van der Waals surface area contributed by atoms with Gasteiger partial charge in [-0.2, -0.15) is 0 Å². The fourth-order valence-electron chi connectivity index (χ4n) is 5.67. The minimum Gasteiger partial charge on any atom is -0.506 e. The Morgan fingerprint density at radius 3 is 1.32 bits per heavy atom. The highest BCUT2D eigenvalue weighted by molar-refractivity contribution is 5.87. The van der Waals surface area contributed by atoms with Gasteiger partial charge in [-0.3, -0.25) is 0 Å². The number of halogens is 1. The summed E-state index contributed by atoms with van der Waals surface area (Å²) in [7, 11) is 0. The van der Waals surface area contributed by atoms with Crippen molar-refractivity contribution in [3.8, 4) is 22.6 Å². The Bertz CT molecular complexity index is 853. The first-order valence-corrected chi connectivity index (χ1v) is 13.2. The Morgan fingerprint density at radius 1 is 0.588 bits per heavy atom. The lowest BCUT2D eigenvalue weighted by Gasteiger charge is -2.33. The first-order valence-electron chi connectivity index (χ1n) is 13.2. The molecule has 6 N–H and O–H groups in total. The van der Waals surface area contributed by atoms with E-state index in [-0.39, 0.29) is 29.3 Å². The lowest BCUT2D eigenvalue weighted by molar-refractivity contribution is 0.393. The summed E-state index contributed by atoms with van der Waals surface area (Å²) in [4.78, 5) is 0. The van der Waals surface area contributed by atoms with Crippen molar-refractivity contribution >= 4 is 23.8 Å². The molecule has 190 valence electrons. The van der Waals surface area contributed by atoms with Crippen molar-refractivity contribution in [2.24, 2.45) is 0 Å². The van der Waals surface area contributed by atoms with Crippen LogP contribution < -0.4 is 11.5 Å². The standard InChI is InChI=1S/C29H44N2O2.ClH/c1-3-5-7-9-11-13-15-29(16-14-12-10-8-6-4-2)23-19-27(32)25(30)17-21(23)22-18-26(31)28(33)20-24(22)29;/h17-20,32-33H,3-16,30-31H2,1-2H3;1H. The van der Waals surface area contributed by atoms with Gasteiger partial charge in [0, 0.05) is 5.41 Å². The third-order valence-corrected chi connectivity index (χ3v) is 7.57. The molecule has 0 heterocycles. The molecule has 1 aliphatic rings. The van der Waals surface area contributed by atoms with Gasteiger partial charge < -0.3 is 21.7 Å². The number of phenols is 2. The summed E-state index contributed by atoms with van der Waals surface area (Å²) in [5, 5.41) is 21.1. The third kappa shape index (κ3) is 6.13. The molecule has 2 aromatic carbocycles. The van der Waals surface area contributed by atoms with Gasteiger partial charge >= 0.3 is 0 Å². The zero-order valence-electron chi connectivity index (χ0n) is 21.2. The number of benzene rings is 2. The third-order valence-electron chi connectivity index (χ3n) is 7.57. The number of fused-ring (bicyclic) bond motifs is 3. The van der Waals surface area contributed by atoms with Crippen LogP contribution in [0.5, 0.6) is 11.5 Å². The lowest BCUT2D eigenvalue weighted by Crippen LogP contribution is -2.25. The number of anilines is 2. The molecular formula is C29H45ClN2O2. The van der Waals surface area contributed by atoms with Crippen molar-refractivity contribution in [2.75, 3.05) is 11.5 Å². The van der Waals surface area contributed by atoms with Crippen molar-refractivity contribution in [3.63, 3.8) is 0 Å². The summed E-state index contributed by atoms with van der Waals surface area (Å²) in [6, 6.07) is 7.55. The van der Waals surface area contributed by atoms with Crippen molar-refractivity contribution < 1.29 is 10.2 Å². The molecule has 5 heteroatoms. The van der Waals surface area contributed by atoms with Crippen molar-refractivity contribution in [3.05, 3.63) is 35.4 Å². The van der Waals surface area contributed by atoms with Gasteiger partial charge in [-0.1, -0.05) is 90.9 Å². The van der Waals surface area contributed by atoms with Gasteiger partial charge in [-0.15, -0.1) is 12.4 Å². The summed E-state index contributed by atoms with van der Waals surface area (Å²) in [6.45, 7) is 4.50. The van der Waals surface area contributed by atoms with Crippen LogP contribution in [-0.2, 0) is 5.41 Å². The molecule has 2 aromatic rings. The highest BCUT2D eigenvalue weighted by Gasteiger charge is 2.43. The number of nitrogens with two attached hydrogens (primary N) is 2. The number of rotatable bonds is 14. The van der Waals surface area contributed by atoms with Gasteiger partial charge in [0.1, 0.15) is 11.5 Å². The van der Waals surface area contributed by atoms with Crippen LogP contribution in [0.2, 0.25) is 0 Å². The van der Waals surface area contributed by atoms with Crippen LogP contribution in [0.4, 0.5) is 11.4 Å². The minimum atomic E-state index is -0.212. The molecule has 0 atom stereocenters. The molecule has 4 nitrogen and oxygen atoms in total. The molecule has 3 rings (SSSR count). The summed E-state index contributed by atoms with van der Waals surface area (Å²) in [5.41, 5.74) is 17.2. The summed E-state index contributed by atoms with van der Waals surface area (Å²) in [6.07, 6.45) is 16.9. The summed E-state index contributed by atoms with van der Waals surface area (Å²) >= 11 is 0. The number of nitrogen functional groups attached to an aromatic ring is 2. The normalized spacial score (nSPS) is 13.4. The highest BCUT2D eigenvalue weighted by Crippen LogP contribution is 2.57. The number of hydrogen-bond acceptors (Lipinski definition) is 4. The van der Waals surface area contributed by atoms with E-state index < -0.39 is 0 Å².